The smallest absolute Gasteiger partial charge is 0.265 e. The van der Waals surface area contributed by atoms with Crippen LogP contribution in [0.25, 0.3) is 10.6 Å². The van der Waals surface area contributed by atoms with Crippen molar-refractivity contribution in [3.8, 4) is 16.3 Å². The van der Waals surface area contributed by atoms with E-state index < -0.39 is 0 Å². The minimum Gasteiger partial charge on any atom is -0.494 e. The lowest BCUT2D eigenvalue weighted by Crippen LogP contribution is -2.51. The lowest BCUT2D eigenvalue weighted by molar-refractivity contribution is 0.0577. The summed E-state index contributed by atoms with van der Waals surface area (Å²) in [5.41, 5.74) is 1.83. The van der Waals surface area contributed by atoms with Gasteiger partial charge >= 0.3 is 0 Å². The van der Waals surface area contributed by atoms with Gasteiger partial charge in [-0.25, -0.2) is 4.98 Å². The standard InChI is InChI=1S/C22H29N3O2S/c1-3-27-19-10-6-7-17(15-19)21-23-16(2)20(28-21)22(26)25-13-11-24(12-14-25)18-8-4-5-9-18/h6-7,10,15,18H,3-5,8-9,11-14H2,1-2H3. The minimum atomic E-state index is 0.133. The Kier molecular flexibility index (Phi) is 5.97. The maximum atomic E-state index is 13.1. The molecule has 1 aliphatic carbocycles. The molecule has 1 aromatic carbocycles. The van der Waals surface area contributed by atoms with Crippen molar-refractivity contribution < 1.29 is 9.53 Å². The minimum absolute atomic E-state index is 0.133. The van der Waals surface area contributed by atoms with E-state index in [0.717, 1.165) is 59.1 Å². The van der Waals surface area contributed by atoms with Gasteiger partial charge in [-0.3, -0.25) is 9.69 Å². The maximum absolute atomic E-state index is 13.1. The highest BCUT2D eigenvalue weighted by Gasteiger charge is 2.29. The fourth-order valence-corrected chi connectivity index (χ4v) is 5.34. The van der Waals surface area contributed by atoms with E-state index in [-0.39, 0.29) is 5.91 Å². The molecule has 5 nitrogen and oxygen atoms in total. The molecule has 2 aromatic rings. The van der Waals surface area contributed by atoms with Crippen LogP contribution >= 0.6 is 11.3 Å². The number of thiazole rings is 1. The lowest BCUT2D eigenvalue weighted by Gasteiger charge is -2.37. The molecule has 6 heteroatoms. The summed E-state index contributed by atoms with van der Waals surface area (Å²) >= 11 is 1.50. The van der Waals surface area contributed by atoms with Gasteiger partial charge in [-0.1, -0.05) is 25.0 Å². The van der Waals surface area contributed by atoms with E-state index in [9.17, 15) is 4.79 Å². The summed E-state index contributed by atoms with van der Waals surface area (Å²) in [5, 5.41) is 0.881. The summed E-state index contributed by atoms with van der Waals surface area (Å²) in [6, 6.07) is 8.68. The molecule has 1 aromatic heterocycles. The number of hydrogen-bond acceptors (Lipinski definition) is 5. The Morgan fingerprint density at radius 2 is 1.96 bits per heavy atom. The number of aryl methyl sites for hydroxylation is 1. The van der Waals surface area contributed by atoms with E-state index in [2.05, 4.69) is 9.88 Å². The van der Waals surface area contributed by atoms with Crippen LogP contribution < -0.4 is 4.74 Å². The first-order valence-electron chi connectivity index (χ1n) is 10.4. The first-order valence-corrected chi connectivity index (χ1v) is 11.2. The molecule has 28 heavy (non-hydrogen) atoms. The van der Waals surface area contributed by atoms with Gasteiger partial charge in [0.05, 0.1) is 12.3 Å². The van der Waals surface area contributed by atoms with E-state index in [0.29, 0.717) is 6.61 Å². The van der Waals surface area contributed by atoms with Gasteiger partial charge in [-0.15, -0.1) is 11.3 Å². The van der Waals surface area contributed by atoms with Crippen LogP contribution in [0.4, 0.5) is 0 Å². The summed E-state index contributed by atoms with van der Waals surface area (Å²) in [7, 11) is 0. The van der Waals surface area contributed by atoms with Gasteiger partial charge in [0.15, 0.2) is 0 Å². The highest BCUT2D eigenvalue weighted by molar-refractivity contribution is 7.17. The van der Waals surface area contributed by atoms with Gasteiger partial charge in [0.25, 0.3) is 5.91 Å². The number of hydrogen-bond donors (Lipinski definition) is 0. The molecule has 0 atom stereocenters. The van der Waals surface area contributed by atoms with Gasteiger partial charge in [0.1, 0.15) is 15.6 Å². The number of carbonyl (C=O) groups excluding carboxylic acids is 1. The molecule has 2 aliphatic rings. The second-order valence-corrected chi connectivity index (χ2v) is 8.66. The molecule has 150 valence electrons. The van der Waals surface area contributed by atoms with Crippen LogP contribution in [0.15, 0.2) is 24.3 Å². The quantitative estimate of drug-likeness (QED) is 0.755. The number of nitrogens with zero attached hydrogens (tertiary/aromatic N) is 3. The summed E-state index contributed by atoms with van der Waals surface area (Å²) in [4.78, 5) is 23.2. The van der Waals surface area contributed by atoms with Crippen molar-refractivity contribution in [3.63, 3.8) is 0 Å². The van der Waals surface area contributed by atoms with Crippen LogP contribution in [0.2, 0.25) is 0 Å². The van der Waals surface area contributed by atoms with Crippen molar-refractivity contribution in [1.29, 1.82) is 0 Å². The third kappa shape index (κ3) is 4.08. The molecular weight excluding hydrogens is 370 g/mol. The molecule has 0 bridgehead atoms. The number of carbonyl (C=O) groups is 1. The number of amides is 1. The van der Waals surface area contributed by atoms with Gasteiger partial charge in [-0.05, 0) is 38.8 Å². The maximum Gasteiger partial charge on any atom is 0.265 e. The van der Waals surface area contributed by atoms with Gasteiger partial charge < -0.3 is 9.64 Å². The summed E-state index contributed by atoms with van der Waals surface area (Å²) in [6.45, 7) is 8.19. The fourth-order valence-electron chi connectivity index (χ4n) is 4.31. The Morgan fingerprint density at radius 3 is 2.68 bits per heavy atom. The molecular formula is C22H29N3O2S. The highest BCUT2D eigenvalue weighted by atomic mass is 32.1. The van der Waals surface area contributed by atoms with E-state index in [1.807, 2.05) is 43.0 Å². The van der Waals surface area contributed by atoms with Crippen LogP contribution in [-0.2, 0) is 0 Å². The largest absolute Gasteiger partial charge is 0.494 e. The number of aromatic nitrogens is 1. The van der Waals surface area contributed by atoms with Crippen LogP contribution in [-0.4, -0.2) is 59.5 Å². The normalized spacial score (nSPS) is 18.6. The molecule has 1 saturated carbocycles. The molecule has 0 radical (unpaired) electrons. The predicted octanol–water partition coefficient (Wildman–Crippen LogP) is 4.22. The molecule has 2 fully saturated rings. The fraction of sp³-hybridized carbons (Fsp3) is 0.545. The van der Waals surface area contributed by atoms with E-state index in [4.69, 9.17) is 4.74 Å². The summed E-state index contributed by atoms with van der Waals surface area (Å²) in [5.74, 6) is 0.969. The molecule has 4 rings (SSSR count). The monoisotopic (exact) mass is 399 g/mol. The topological polar surface area (TPSA) is 45.7 Å². The first kappa shape index (κ1) is 19.4. The average molecular weight is 400 g/mol. The molecule has 1 amide bonds. The number of rotatable bonds is 5. The van der Waals surface area contributed by atoms with Crippen LogP contribution in [0.3, 0.4) is 0 Å². The Bertz CT molecular complexity index is 821. The number of benzene rings is 1. The molecule has 0 spiro atoms. The number of piperazine rings is 1. The summed E-state index contributed by atoms with van der Waals surface area (Å²) in [6.07, 6.45) is 5.37. The van der Waals surface area contributed by atoms with E-state index >= 15 is 0 Å². The highest BCUT2D eigenvalue weighted by Crippen LogP contribution is 2.31. The van der Waals surface area contributed by atoms with Crippen molar-refractivity contribution in [2.45, 2.75) is 45.6 Å². The summed E-state index contributed by atoms with van der Waals surface area (Å²) < 4.78 is 5.60. The lowest BCUT2D eigenvalue weighted by atomic mass is 10.1. The zero-order valence-corrected chi connectivity index (χ0v) is 17.6. The zero-order valence-electron chi connectivity index (χ0n) is 16.8. The van der Waals surface area contributed by atoms with Crippen molar-refractivity contribution in [2.75, 3.05) is 32.8 Å². The first-order chi connectivity index (χ1) is 13.7. The van der Waals surface area contributed by atoms with Crippen molar-refractivity contribution in [2.24, 2.45) is 0 Å². The van der Waals surface area contributed by atoms with Crippen molar-refractivity contribution in [3.05, 3.63) is 34.8 Å². The third-order valence-corrected chi connectivity index (χ3v) is 7.02. The zero-order chi connectivity index (χ0) is 19.5. The molecule has 1 aliphatic heterocycles. The Labute approximate surface area is 171 Å². The van der Waals surface area contributed by atoms with Crippen LogP contribution in [0.5, 0.6) is 5.75 Å². The van der Waals surface area contributed by atoms with Crippen molar-refractivity contribution in [1.82, 2.24) is 14.8 Å². The van der Waals surface area contributed by atoms with Gasteiger partial charge in [0.2, 0.25) is 0 Å². The third-order valence-electron chi connectivity index (χ3n) is 5.83. The van der Waals surface area contributed by atoms with Crippen molar-refractivity contribution >= 4 is 17.2 Å². The average Bonchev–Trinajstić information content (AvgIpc) is 3.38. The molecule has 0 N–H and O–H groups in total. The Morgan fingerprint density at radius 1 is 1.21 bits per heavy atom. The van der Waals surface area contributed by atoms with E-state index in [1.165, 1.54) is 37.0 Å². The van der Waals surface area contributed by atoms with Gasteiger partial charge in [-0.2, -0.15) is 0 Å². The SMILES string of the molecule is CCOc1cccc(-c2nc(C)c(C(=O)N3CCN(C4CCCC4)CC3)s2)c1. The van der Waals surface area contributed by atoms with E-state index in [1.54, 1.807) is 0 Å². The molecule has 0 unspecified atom stereocenters. The predicted molar refractivity (Wildman–Crippen MR) is 113 cm³/mol. The van der Waals surface area contributed by atoms with Gasteiger partial charge in [0, 0.05) is 37.8 Å². The number of ether oxygens (including phenoxy) is 1. The Balaban J connectivity index is 1.45. The molecule has 1 saturated heterocycles. The molecule has 2 heterocycles. The second kappa shape index (κ2) is 8.62. The van der Waals surface area contributed by atoms with Crippen LogP contribution in [0, 0.1) is 6.92 Å². The Hall–Kier alpha value is -1.92. The second-order valence-electron chi connectivity index (χ2n) is 7.66. The van der Waals surface area contributed by atoms with Crippen LogP contribution in [0.1, 0.15) is 48.0 Å².